The maximum absolute atomic E-state index is 13.6. The summed E-state index contributed by atoms with van der Waals surface area (Å²) in [6.45, 7) is 14.8. The Hall–Kier alpha value is -7.87. The van der Waals surface area contributed by atoms with Gasteiger partial charge in [-0.3, -0.25) is 44.1 Å². The van der Waals surface area contributed by atoms with Crippen molar-refractivity contribution in [1.29, 1.82) is 0 Å². The topological polar surface area (TPSA) is 180 Å². The second-order valence-electron chi connectivity index (χ2n) is 17.6. The molecule has 9 rings (SSSR count). The Kier molecular flexibility index (Phi) is 14.6. The summed E-state index contributed by atoms with van der Waals surface area (Å²) in [7, 11) is 0. The summed E-state index contributed by atoms with van der Waals surface area (Å²) in [5.74, 6) is 5.74. The lowest BCUT2D eigenvalue weighted by Gasteiger charge is -2.33. The van der Waals surface area contributed by atoms with E-state index >= 15 is 0 Å². The maximum Gasteiger partial charge on any atom is 0.266 e. The van der Waals surface area contributed by atoms with Gasteiger partial charge < -0.3 is 19.3 Å². The van der Waals surface area contributed by atoms with Gasteiger partial charge >= 0.3 is 0 Å². The molecule has 356 valence electrons. The minimum Gasteiger partial charge on any atom is -0.493 e. The SMILES string of the molecule is C=Cc1cc(-c2ncc3c(n2)CN(C(=O)c2ccc(COc4ccc(C#CCN5CCN(CCCCCOc6cccc7c6C(=O)N(C6CCC(=O)NC6=O)C7=O)CC5)nc4)cc2)CC3)cnc1C=C. The van der Waals surface area contributed by atoms with Gasteiger partial charge in [0.25, 0.3) is 17.7 Å². The van der Waals surface area contributed by atoms with Crippen LogP contribution in [0, 0.1) is 11.8 Å². The smallest absolute Gasteiger partial charge is 0.266 e. The second kappa shape index (κ2) is 21.6. The summed E-state index contributed by atoms with van der Waals surface area (Å²) in [5, 5.41) is 2.22. The predicted molar refractivity (Wildman–Crippen MR) is 261 cm³/mol. The number of fused-ring (bicyclic) bond motifs is 2. The summed E-state index contributed by atoms with van der Waals surface area (Å²) in [6, 6.07) is 17.0. The molecular weight excluding hydrogens is 887 g/mol. The number of hydrogen-bond donors (Lipinski definition) is 1. The van der Waals surface area contributed by atoms with E-state index in [0.717, 1.165) is 90.5 Å². The zero-order valence-electron chi connectivity index (χ0n) is 38.9. The van der Waals surface area contributed by atoms with E-state index < -0.39 is 29.7 Å². The molecule has 1 N–H and O–H groups in total. The summed E-state index contributed by atoms with van der Waals surface area (Å²) >= 11 is 0. The standard InChI is InChI=1S/C54H53N9O7/c1-3-37-30-40(32-56-44(37)4-2)50-57-31-39-21-24-62(34-45(39)58-50)52(66)38-15-13-36(14-16-38)35-70-42-18-17-41(55-33-42)10-9-23-61-27-25-60(26-28-61)22-6-5-7-29-69-47-12-8-11-43-49(47)54(68)63(53(43)67)46-19-20-48(64)59-51(46)65/h3-4,8,11-18,30-33,46H,1-2,5-7,19-29,34-35H2,(H,59,64,65). The molecular formula is C54H53N9O7. The van der Waals surface area contributed by atoms with Crippen LogP contribution in [0.5, 0.6) is 11.5 Å². The van der Waals surface area contributed by atoms with Crippen LogP contribution in [0.2, 0.25) is 0 Å². The number of nitrogens with one attached hydrogen (secondary N) is 1. The number of hydrogen-bond acceptors (Lipinski definition) is 13. The Labute approximate surface area is 406 Å². The molecule has 2 aromatic carbocycles. The van der Waals surface area contributed by atoms with E-state index in [0.29, 0.717) is 67.8 Å². The molecule has 16 nitrogen and oxygen atoms in total. The van der Waals surface area contributed by atoms with Gasteiger partial charge in [-0.1, -0.05) is 43.4 Å². The van der Waals surface area contributed by atoms with Crippen molar-refractivity contribution in [3.63, 3.8) is 0 Å². The van der Waals surface area contributed by atoms with Crippen molar-refractivity contribution in [2.75, 3.05) is 52.4 Å². The number of benzene rings is 2. The number of imide groups is 2. The molecule has 3 aromatic heterocycles. The van der Waals surface area contributed by atoms with Crippen LogP contribution in [0.4, 0.5) is 0 Å². The van der Waals surface area contributed by atoms with Gasteiger partial charge in [-0.05, 0) is 104 Å². The molecule has 0 saturated carbocycles. The van der Waals surface area contributed by atoms with E-state index in [9.17, 15) is 24.0 Å². The van der Waals surface area contributed by atoms with E-state index in [1.807, 2.05) is 53.6 Å². The Morgan fingerprint density at radius 2 is 1.66 bits per heavy atom. The Morgan fingerprint density at radius 3 is 2.43 bits per heavy atom. The quantitative estimate of drug-likeness (QED) is 0.0733. The number of piperazine rings is 1. The van der Waals surface area contributed by atoms with Crippen LogP contribution in [-0.4, -0.2) is 128 Å². The molecule has 4 aliphatic heterocycles. The fourth-order valence-corrected chi connectivity index (χ4v) is 9.01. The van der Waals surface area contributed by atoms with Crippen molar-refractivity contribution in [3.05, 3.63) is 143 Å². The van der Waals surface area contributed by atoms with Crippen molar-refractivity contribution in [2.24, 2.45) is 0 Å². The van der Waals surface area contributed by atoms with Crippen LogP contribution in [0.15, 0.2) is 92.4 Å². The van der Waals surface area contributed by atoms with Gasteiger partial charge in [-0.25, -0.2) is 15.0 Å². The van der Waals surface area contributed by atoms with Crippen LogP contribution in [0.3, 0.4) is 0 Å². The molecule has 0 radical (unpaired) electrons. The van der Waals surface area contributed by atoms with Crippen molar-refractivity contribution in [3.8, 4) is 34.7 Å². The highest BCUT2D eigenvalue weighted by Gasteiger charge is 2.46. The van der Waals surface area contributed by atoms with Gasteiger partial charge in [-0.15, -0.1) is 0 Å². The van der Waals surface area contributed by atoms with Crippen LogP contribution in [0.25, 0.3) is 23.5 Å². The molecule has 1 atom stereocenters. The zero-order chi connectivity index (χ0) is 48.6. The minimum atomic E-state index is -1.01. The molecule has 70 heavy (non-hydrogen) atoms. The number of ether oxygens (including phenoxy) is 2. The molecule has 0 spiro atoms. The van der Waals surface area contributed by atoms with Crippen molar-refractivity contribution >= 4 is 41.7 Å². The highest BCUT2D eigenvalue weighted by Crippen LogP contribution is 2.34. The van der Waals surface area contributed by atoms with Crippen LogP contribution < -0.4 is 14.8 Å². The first-order valence-electron chi connectivity index (χ1n) is 23.6. The number of carbonyl (C=O) groups is 5. The first-order valence-corrected chi connectivity index (χ1v) is 23.6. The molecule has 0 aliphatic carbocycles. The number of pyridine rings is 2. The number of aromatic nitrogens is 4. The molecule has 16 heteroatoms. The summed E-state index contributed by atoms with van der Waals surface area (Å²) in [4.78, 5) is 89.9. The Bertz CT molecular complexity index is 2900. The van der Waals surface area contributed by atoms with Crippen molar-refractivity contribution in [1.82, 2.24) is 44.9 Å². The molecule has 2 saturated heterocycles. The molecule has 5 amide bonds. The Morgan fingerprint density at radius 1 is 0.829 bits per heavy atom. The summed E-state index contributed by atoms with van der Waals surface area (Å²) in [6.07, 6.45) is 12.3. The third-order valence-electron chi connectivity index (χ3n) is 13.0. The molecule has 5 aromatic rings. The zero-order valence-corrected chi connectivity index (χ0v) is 38.9. The predicted octanol–water partition coefficient (Wildman–Crippen LogP) is 5.62. The van der Waals surface area contributed by atoms with E-state index in [1.54, 1.807) is 42.7 Å². The number of amides is 5. The fraction of sp³-hybridized carbons (Fsp3) is 0.315. The molecule has 4 aliphatic rings. The normalized spacial score (nSPS) is 17.0. The Balaban J connectivity index is 0.656. The number of unbranched alkanes of at least 4 members (excludes halogenated alkanes) is 2. The van der Waals surface area contributed by atoms with E-state index in [4.69, 9.17) is 14.5 Å². The lowest BCUT2D eigenvalue weighted by molar-refractivity contribution is -0.136. The minimum absolute atomic E-state index is 0.0557. The van der Waals surface area contributed by atoms with Gasteiger partial charge in [0.2, 0.25) is 11.8 Å². The third kappa shape index (κ3) is 10.7. The lowest BCUT2D eigenvalue weighted by Crippen LogP contribution is -2.54. The number of carbonyl (C=O) groups excluding carboxylic acids is 5. The molecule has 7 heterocycles. The number of rotatable bonds is 16. The van der Waals surface area contributed by atoms with E-state index in [-0.39, 0.29) is 29.9 Å². The van der Waals surface area contributed by atoms with Crippen LogP contribution >= 0.6 is 0 Å². The van der Waals surface area contributed by atoms with Crippen molar-refractivity contribution in [2.45, 2.75) is 57.7 Å². The van der Waals surface area contributed by atoms with Crippen LogP contribution in [0.1, 0.15) is 97.0 Å². The average molecular weight is 940 g/mol. The maximum atomic E-state index is 13.6. The molecule has 2 fully saturated rings. The van der Waals surface area contributed by atoms with E-state index in [1.165, 1.54) is 0 Å². The van der Waals surface area contributed by atoms with Crippen LogP contribution in [-0.2, 0) is 29.2 Å². The average Bonchev–Trinajstić information content (AvgIpc) is 3.65. The molecule has 1 unspecified atom stereocenters. The van der Waals surface area contributed by atoms with Gasteiger partial charge in [0.15, 0.2) is 5.82 Å². The molecule has 0 bridgehead atoms. The highest BCUT2D eigenvalue weighted by molar-refractivity contribution is 6.24. The highest BCUT2D eigenvalue weighted by atomic mass is 16.5. The first-order chi connectivity index (χ1) is 34.1. The largest absolute Gasteiger partial charge is 0.493 e. The summed E-state index contributed by atoms with van der Waals surface area (Å²) in [5.41, 5.74) is 6.82. The monoisotopic (exact) mass is 939 g/mol. The second-order valence-corrected chi connectivity index (χ2v) is 17.6. The fourth-order valence-electron chi connectivity index (χ4n) is 9.01. The third-order valence-corrected chi connectivity index (χ3v) is 13.0. The van der Waals surface area contributed by atoms with Crippen molar-refractivity contribution < 1.29 is 33.4 Å². The lowest BCUT2D eigenvalue weighted by atomic mass is 10.0. The number of nitrogens with zero attached hydrogens (tertiary/aromatic N) is 8. The number of piperidine rings is 1. The van der Waals surface area contributed by atoms with E-state index in [2.05, 4.69) is 55.1 Å². The van der Waals surface area contributed by atoms with Gasteiger partial charge in [0.1, 0.15) is 29.8 Å². The van der Waals surface area contributed by atoms with Gasteiger partial charge in [-0.2, -0.15) is 0 Å². The van der Waals surface area contributed by atoms with Gasteiger partial charge in [0.05, 0.1) is 48.4 Å². The van der Waals surface area contributed by atoms with Gasteiger partial charge in [0, 0.05) is 68.2 Å². The summed E-state index contributed by atoms with van der Waals surface area (Å²) < 4.78 is 12.0. The first kappa shape index (κ1) is 47.2.